The number of nitrogens with one attached hydrogen (secondary N) is 2. The molecule has 0 aliphatic carbocycles. The molecule has 2 amide bonds. The predicted molar refractivity (Wildman–Crippen MR) is 110 cm³/mol. The van der Waals surface area contributed by atoms with Gasteiger partial charge in [0, 0.05) is 30.2 Å². The van der Waals surface area contributed by atoms with E-state index in [0.717, 1.165) is 11.1 Å². The van der Waals surface area contributed by atoms with E-state index in [-0.39, 0.29) is 5.75 Å². The highest BCUT2D eigenvalue weighted by atomic mass is 79.9. The maximum atomic E-state index is 12.3. The van der Waals surface area contributed by atoms with Gasteiger partial charge in [0.15, 0.2) is 0 Å². The van der Waals surface area contributed by atoms with Crippen molar-refractivity contribution in [3.8, 4) is 17.0 Å². The number of anilines is 2. The summed E-state index contributed by atoms with van der Waals surface area (Å²) in [6, 6.07) is 9.61. The van der Waals surface area contributed by atoms with Gasteiger partial charge in [0.05, 0.1) is 33.6 Å². The van der Waals surface area contributed by atoms with Crippen LogP contribution in [0.4, 0.5) is 16.2 Å². The molecule has 2 heterocycles. The van der Waals surface area contributed by atoms with E-state index in [0.29, 0.717) is 27.1 Å². The monoisotopic (exact) mass is 438 g/mol. The number of halogens is 1. The van der Waals surface area contributed by atoms with Crippen molar-refractivity contribution in [3.05, 3.63) is 59.5 Å². The Morgan fingerprint density at radius 3 is 2.54 bits per heavy atom. The van der Waals surface area contributed by atoms with Crippen LogP contribution < -0.4 is 10.6 Å². The first-order chi connectivity index (χ1) is 13.5. The molecule has 9 heteroatoms. The predicted octanol–water partition coefficient (Wildman–Crippen LogP) is 4.14. The fourth-order valence-corrected chi connectivity index (χ4v) is 3.04. The fraction of sp³-hybridized carbons (Fsp3) is 0.0526. The SMILES string of the molecule is Cn1cc(-c2cnc3ccc(NC(=O)Nc4ccc(O)c(Br)c4)cc3n2)cn1. The zero-order chi connectivity index (χ0) is 19.7. The highest BCUT2D eigenvalue weighted by Crippen LogP contribution is 2.27. The molecule has 0 aliphatic heterocycles. The number of hydrogen-bond acceptors (Lipinski definition) is 5. The van der Waals surface area contributed by atoms with Gasteiger partial charge in [-0.15, -0.1) is 0 Å². The van der Waals surface area contributed by atoms with Gasteiger partial charge < -0.3 is 15.7 Å². The molecule has 0 bridgehead atoms. The van der Waals surface area contributed by atoms with E-state index in [4.69, 9.17) is 0 Å². The van der Waals surface area contributed by atoms with E-state index in [1.165, 1.54) is 6.07 Å². The Kier molecular flexibility index (Phi) is 4.66. The number of aryl methyl sites for hydroxylation is 1. The molecule has 3 N–H and O–H groups in total. The van der Waals surface area contributed by atoms with Crippen LogP contribution in [0.3, 0.4) is 0 Å². The van der Waals surface area contributed by atoms with Crippen LogP contribution >= 0.6 is 15.9 Å². The van der Waals surface area contributed by atoms with E-state index in [2.05, 4.69) is 41.6 Å². The van der Waals surface area contributed by atoms with Crippen LogP contribution in [-0.4, -0.2) is 30.9 Å². The lowest BCUT2D eigenvalue weighted by Crippen LogP contribution is -2.19. The Morgan fingerprint density at radius 2 is 1.82 bits per heavy atom. The number of phenols is 1. The van der Waals surface area contributed by atoms with Gasteiger partial charge in [0.2, 0.25) is 0 Å². The van der Waals surface area contributed by atoms with E-state index in [9.17, 15) is 9.90 Å². The zero-order valence-electron chi connectivity index (χ0n) is 14.7. The summed E-state index contributed by atoms with van der Waals surface area (Å²) in [4.78, 5) is 21.3. The summed E-state index contributed by atoms with van der Waals surface area (Å²) in [7, 11) is 1.84. The molecular formula is C19H15BrN6O2. The second-order valence-electron chi connectivity index (χ2n) is 6.11. The number of carbonyl (C=O) groups excluding carboxylic acids is 1. The first kappa shape index (κ1) is 17.9. The number of fused-ring (bicyclic) bond motifs is 1. The Hall–Kier alpha value is -3.46. The third-order valence-corrected chi connectivity index (χ3v) is 4.64. The van der Waals surface area contributed by atoms with Crippen LogP contribution in [0, 0.1) is 0 Å². The lowest BCUT2D eigenvalue weighted by molar-refractivity contribution is 0.262. The quantitative estimate of drug-likeness (QED) is 0.416. The number of carbonyl (C=O) groups is 1. The fourth-order valence-electron chi connectivity index (χ4n) is 2.66. The standard InChI is InChI=1S/C19H15BrN6O2/c1-26-10-11(8-22-26)17-9-21-15-4-2-13(7-16(15)25-17)24-19(28)23-12-3-5-18(27)14(20)6-12/h2-10,27H,1H3,(H2,23,24,28). The minimum absolute atomic E-state index is 0.100. The summed E-state index contributed by atoms with van der Waals surface area (Å²) in [5, 5.41) is 19.1. The van der Waals surface area contributed by atoms with Gasteiger partial charge in [-0.2, -0.15) is 5.10 Å². The molecule has 2 aromatic carbocycles. The summed E-state index contributed by atoms with van der Waals surface area (Å²) in [5.74, 6) is 0.100. The van der Waals surface area contributed by atoms with Crippen LogP contribution in [0.1, 0.15) is 0 Å². The summed E-state index contributed by atoms with van der Waals surface area (Å²) < 4.78 is 2.19. The zero-order valence-corrected chi connectivity index (χ0v) is 16.3. The molecule has 8 nitrogen and oxygen atoms in total. The van der Waals surface area contributed by atoms with E-state index in [1.807, 2.05) is 13.2 Å². The van der Waals surface area contributed by atoms with E-state index < -0.39 is 6.03 Å². The molecule has 0 saturated heterocycles. The van der Waals surface area contributed by atoms with Gasteiger partial charge in [0.1, 0.15) is 5.75 Å². The van der Waals surface area contributed by atoms with Crippen molar-refractivity contribution < 1.29 is 9.90 Å². The van der Waals surface area contributed by atoms with Crippen molar-refractivity contribution in [3.63, 3.8) is 0 Å². The number of nitrogens with zero attached hydrogens (tertiary/aromatic N) is 4. The molecular weight excluding hydrogens is 424 g/mol. The summed E-state index contributed by atoms with van der Waals surface area (Å²) in [6.07, 6.45) is 5.28. The summed E-state index contributed by atoms with van der Waals surface area (Å²) in [5.41, 5.74) is 4.08. The minimum Gasteiger partial charge on any atom is -0.507 e. The smallest absolute Gasteiger partial charge is 0.323 e. The summed E-state index contributed by atoms with van der Waals surface area (Å²) >= 11 is 3.21. The van der Waals surface area contributed by atoms with Gasteiger partial charge in [-0.1, -0.05) is 0 Å². The Labute approximate surface area is 168 Å². The van der Waals surface area contributed by atoms with Gasteiger partial charge >= 0.3 is 6.03 Å². The van der Waals surface area contributed by atoms with Gasteiger partial charge in [-0.25, -0.2) is 9.78 Å². The van der Waals surface area contributed by atoms with Gasteiger partial charge in [0.25, 0.3) is 0 Å². The van der Waals surface area contributed by atoms with Crippen molar-refractivity contribution in [2.45, 2.75) is 0 Å². The normalized spacial score (nSPS) is 10.8. The lowest BCUT2D eigenvalue weighted by Gasteiger charge is -2.09. The van der Waals surface area contributed by atoms with Crippen LogP contribution in [0.15, 0.2) is 59.5 Å². The second kappa shape index (κ2) is 7.28. The molecule has 4 aromatic rings. The third kappa shape index (κ3) is 3.79. The van der Waals surface area contributed by atoms with E-state index >= 15 is 0 Å². The largest absolute Gasteiger partial charge is 0.507 e. The maximum Gasteiger partial charge on any atom is 0.323 e. The molecule has 140 valence electrons. The summed E-state index contributed by atoms with van der Waals surface area (Å²) in [6.45, 7) is 0. The number of phenolic OH excluding ortho intramolecular Hbond substituents is 1. The maximum absolute atomic E-state index is 12.3. The first-order valence-corrected chi connectivity index (χ1v) is 9.09. The Balaban J connectivity index is 1.54. The molecule has 4 rings (SSSR count). The molecule has 28 heavy (non-hydrogen) atoms. The van der Waals surface area contributed by atoms with Gasteiger partial charge in [-0.05, 0) is 52.3 Å². The Bertz CT molecular complexity index is 1190. The van der Waals surface area contributed by atoms with Crippen LogP contribution in [0.2, 0.25) is 0 Å². The second-order valence-corrected chi connectivity index (χ2v) is 6.96. The highest BCUT2D eigenvalue weighted by molar-refractivity contribution is 9.10. The topological polar surface area (TPSA) is 105 Å². The van der Waals surface area contributed by atoms with Crippen molar-refractivity contribution in [2.24, 2.45) is 7.05 Å². The number of hydrogen-bond donors (Lipinski definition) is 3. The molecule has 0 atom stereocenters. The van der Waals surface area contributed by atoms with Crippen LogP contribution in [0.5, 0.6) is 5.75 Å². The molecule has 2 aromatic heterocycles. The molecule has 0 unspecified atom stereocenters. The minimum atomic E-state index is -0.409. The molecule has 0 fully saturated rings. The first-order valence-electron chi connectivity index (χ1n) is 8.30. The number of urea groups is 1. The van der Waals surface area contributed by atoms with Crippen molar-refractivity contribution in [1.29, 1.82) is 0 Å². The molecule has 0 aliphatic rings. The Morgan fingerprint density at radius 1 is 1.07 bits per heavy atom. The van der Waals surface area contributed by atoms with Crippen molar-refractivity contribution in [1.82, 2.24) is 19.7 Å². The van der Waals surface area contributed by atoms with E-state index in [1.54, 1.807) is 47.4 Å². The number of amides is 2. The van der Waals surface area contributed by atoms with Crippen LogP contribution in [-0.2, 0) is 7.05 Å². The number of benzene rings is 2. The van der Waals surface area contributed by atoms with Crippen molar-refractivity contribution in [2.75, 3.05) is 10.6 Å². The molecule has 0 radical (unpaired) electrons. The molecule has 0 spiro atoms. The highest BCUT2D eigenvalue weighted by Gasteiger charge is 2.08. The number of rotatable bonds is 3. The average Bonchev–Trinajstić information content (AvgIpc) is 3.10. The number of aromatic nitrogens is 4. The lowest BCUT2D eigenvalue weighted by atomic mass is 10.2. The van der Waals surface area contributed by atoms with Crippen LogP contribution in [0.25, 0.3) is 22.3 Å². The molecule has 0 saturated carbocycles. The average molecular weight is 439 g/mol. The van der Waals surface area contributed by atoms with Gasteiger partial charge in [-0.3, -0.25) is 9.67 Å². The number of aromatic hydroxyl groups is 1. The van der Waals surface area contributed by atoms with Crippen molar-refractivity contribution >= 4 is 44.4 Å². The third-order valence-electron chi connectivity index (χ3n) is 4.01.